The van der Waals surface area contributed by atoms with E-state index in [2.05, 4.69) is 5.32 Å². The third-order valence-corrected chi connectivity index (χ3v) is 3.33. The minimum Gasteiger partial charge on any atom is -0.489 e. The predicted molar refractivity (Wildman–Crippen MR) is 78.5 cm³/mol. The molecule has 20 heavy (non-hydrogen) atoms. The van der Waals surface area contributed by atoms with Gasteiger partial charge in [0.1, 0.15) is 6.61 Å². The monoisotopic (exact) mass is 278 g/mol. The highest BCUT2D eigenvalue weighted by Crippen LogP contribution is 2.32. The molecule has 1 heterocycles. The molecule has 5 heteroatoms. The van der Waals surface area contributed by atoms with Crippen LogP contribution in [-0.4, -0.2) is 50.3 Å². The number of nitrogens with zero attached hydrogens (tertiary/aromatic N) is 1. The zero-order valence-electron chi connectivity index (χ0n) is 12.3. The number of benzene rings is 1. The van der Waals surface area contributed by atoms with Crippen LogP contribution in [0.4, 0.5) is 5.69 Å². The SMILES string of the molecule is COCCN(C(=O)c1cccc2c1OCCN2)C(C)C. The molecular weight excluding hydrogens is 256 g/mol. The minimum atomic E-state index is -0.0161. The molecule has 2 rings (SSSR count). The van der Waals surface area contributed by atoms with E-state index in [1.54, 1.807) is 12.0 Å². The molecule has 1 amide bonds. The van der Waals surface area contributed by atoms with Crippen LogP contribution in [0.3, 0.4) is 0 Å². The van der Waals surface area contributed by atoms with Crippen LogP contribution in [0, 0.1) is 0 Å². The van der Waals surface area contributed by atoms with Gasteiger partial charge in [0.15, 0.2) is 5.75 Å². The third kappa shape index (κ3) is 3.04. The van der Waals surface area contributed by atoms with Crippen molar-refractivity contribution in [2.75, 3.05) is 38.7 Å². The molecule has 0 saturated carbocycles. The van der Waals surface area contributed by atoms with Crippen LogP contribution in [0.1, 0.15) is 24.2 Å². The van der Waals surface area contributed by atoms with E-state index >= 15 is 0 Å². The molecule has 0 saturated heterocycles. The van der Waals surface area contributed by atoms with Gasteiger partial charge in [-0.2, -0.15) is 0 Å². The van der Waals surface area contributed by atoms with Crippen molar-refractivity contribution in [2.45, 2.75) is 19.9 Å². The van der Waals surface area contributed by atoms with Gasteiger partial charge in [0, 0.05) is 26.2 Å². The Balaban J connectivity index is 2.27. The number of carbonyl (C=O) groups is 1. The minimum absolute atomic E-state index is 0.0161. The summed E-state index contributed by atoms with van der Waals surface area (Å²) in [7, 11) is 1.64. The zero-order chi connectivity index (χ0) is 14.5. The number of rotatable bonds is 5. The average molecular weight is 278 g/mol. The number of fused-ring (bicyclic) bond motifs is 1. The Hall–Kier alpha value is -1.75. The maximum atomic E-state index is 12.7. The van der Waals surface area contributed by atoms with Gasteiger partial charge < -0.3 is 19.7 Å². The van der Waals surface area contributed by atoms with Crippen molar-refractivity contribution in [3.63, 3.8) is 0 Å². The Morgan fingerprint density at radius 3 is 3.00 bits per heavy atom. The normalized spacial score (nSPS) is 13.4. The summed E-state index contributed by atoms with van der Waals surface area (Å²) in [5.41, 5.74) is 1.50. The fourth-order valence-electron chi connectivity index (χ4n) is 2.28. The third-order valence-electron chi connectivity index (χ3n) is 3.33. The molecule has 1 aliphatic heterocycles. The molecule has 1 aromatic rings. The first-order valence-electron chi connectivity index (χ1n) is 6.94. The summed E-state index contributed by atoms with van der Waals surface area (Å²) >= 11 is 0. The van der Waals surface area contributed by atoms with Gasteiger partial charge in [-0.3, -0.25) is 4.79 Å². The number of amides is 1. The molecule has 0 atom stereocenters. The fourth-order valence-corrected chi connectivity index (χ4v) is 2.28. The molecule has 110 valence electrons. The van der Waals surface area contributed by atoms with E-state index in [0.717, 1.165) is 12.2 Å². The maximum Gasteiger partial charge on any atom is 0.258 e. The summed E-state index contributed by atoms with van der Waals surface area (Å²) in [5.74, 6) is 0.643. The van der Waals surface area contributed by atoms with Crippen molar-refractivity contribution in [1.82, 2.24) is 4.90 Å². The molecule has 0 aromatic heterocycles. The van der Waals surface area contributed by atoms with Crippen molar-refractivity contribution in [3.8, 4) is 5.75 Å². The van der Waals surface area contributed by atoms with Crippen molar-refractivity contribution in [1.29, 1.82) is 0 Å². The van der Waals surface area contributed by atoms with E-state index in [0.29, 0.717) is 31.1 Å². The number of hydrogen-bond acceptors (Lipinski definition) is 4. The maximum absolute atomic E-state index is 12.7. The molecular formula is C15H22N2O3. The summed E-state index contributed by atoms with van der Waals surface area (Å²) in [6, 6.07) is 5.74. The summed E-state index contributed by atoms with van der Waals surface area (Å²) < 4.78 is 10.8. The molecule has 1 N–H and O–H groups in total. The fraction of sp³-hybridized carbons (Fsp3) is 0.533. The number of nitrogens with one attached hydrogen (secondary N) is 1. The first-order chi connectivity index (χ1) is 9.65. The molecule has 0 aliphatic carbocycles. The van der Waals surface area contributed by atoms with E-state index in [4.69, 9.17) is 9.47 Å². The van der Waals surface area contributed by atoms with Gasteiger partial charge >= 0.3 is 0 Å². The van der Waals surface area contributed by atoms with E-state index in [-0.39, 0.29) is 11.9 Å². The Morgan fingerprint density at radius 1 is 1.50 bits per heavy atom. The van der Waals surface area contributed by atoms with Crippen LogP contribution in [0.25, 0.3) is 0 Å². The van der Waals surface area contributed by atoms with Gasteiger partial charge in [0.25, 0.3) is 5.91 Å². The van der Waals surface area contributed by atoms with Gasteiger partial charge in [-0.1, -0.05) is 6.07 Å². The Morgan fingerprint density at radius 2 is 2.30 bits per heavy atom. The standard InChI is InChI=1S/C15H22N2O3/c1-11(2)17(8-10-19-3)15(18)12-5-4-6-13-14(12)20-9-7-16-13/h4-6,11,16H,7-10H2,1-3H3. The van der Waals surface area contributed by atoms with Gasteiger partial charge in [-0.25, -0.2) is 0 Å². The van der Waals surface area contributed by atoms with Crippen LogP contribution in [0.5, 0.6) is 5.75 Å². The lowest BCUT2D eigenvalue weighted by atomic mass is 10.1. The quantitative estimate of drug-likeness (QED) is 0.895. The van der Waals surface area contributed by atoms with Gasteiger partial charge in [-0.05, 0) is 26.0 Å². The molecule has 1 aromatic carbocycles. The molecule has 0 unspecified atom stereocenters. The summed E-state index contributed by atoms with van der Waals surface area (Å²) in [6.07, 6.45) is 0. The Bertz CT molecular complexity index is 474. The first kappa shape index (κ1) is 14.7. The largest absolute Gasteiger partial charge is 0.489 e. The summed E-state index contributed by atoms with van der Waals surface area (Å²) in [5, 5.41) is 3.25. The predicted octanol–water partition coefficient (Wildman–Crippen LogP) is 1.99. The van der Waals surface area contributed by atoms with Crippen LogP contribution >= 0.6 is 0 Å². The molecule has 0 spiro atoms. The average Bonchev–Trinajstić information content (AvgIpc) is 2.46. The van der Waals surface area contributed by atoms with Crippen molar-refractivity contribution in [3.05, 3.63) is 23.8 Å². The highest BCUT2D eigenvalue weighted by Gasteiger charge is 2.24. The van der Waals surface area contributed by atoms with E-state index in [9.17, 15) is 4.79 Å². The Labute approximate surface area is 119 Å². The first-order valence-corrected chi connectivity index (χ1v) is 6.94. The zero-order valence-corrected chi connectivity index (χ0v) is 12.3. The number of ether oxygens (including phenoxy) is 2. The second kappa shape index (κ2) is 6.61. The van der Waals surface area contributed by atoms with Gasteiger partial charge in [0.05, 0.1) is 17.9 Å². The number of hydrogen-bond donors (Lipinski definition) is 1. The second-order valence-electron chi connectivity index (χ2n) is 5.04. The lowest BCUT2D eigenvalue weighted by Gasteiger charge is -2.28. The Kier molecular flexibility index (Phi) is 4.84. The smallest absolute Gasteiger partial charge is 0.258 e. The van der Waals surface area contributed by atoms with Crippen LogP contribution in [0.2, 0.25) is 0 Å². The lowest BCUT2D eigenvalue weighted by molar-refractivity contribution is 0.0630. The van der Waals surface area contributed by atoms with Gasteiger partial charge in [-0.15, -0.1) is 0 Å². The number of anilines is 1. The number of methoxy groups -OCH3 is 1. The number of carbonyl (C=O) groups excluding carboxylic acids is 1. The van der Waals surface area contributed by atoms with Crippen molar-refractivity contribution < 1.29 is 14.3 Å². The second-order valence-corrected chi connectivity index (χ2v) is 5.04. The van der Waals surface area contributed by atoms with Gasteiger partial charge in [0.2, 0.25) is 0 Å². The van der Waals surface area contributed by atoms with Crippen LogP contribution in [-0.2, 0) is 4.74 Å². The highest BCUT2D eigenvalue weighted by atomic mass is 16.5. The van der Waals surface area contributed by atoms with Crippen molar-refractivity contribution >= 4 is 11.6 Å². The molecule has 0 radical (unpaired) electrons. The summed E-state index contributed by atoms with van der Waals surface area (Å²) in [6.45, 7) is 6.45. The molecule has 1 aliphatic rings. The van der Waals surface area contributed by atoms with Crippen LogP contribution in [0.15, 0.2) is 18.2 Å². The lowest BCUT2D eigenvalue weighted by Crippen LogP contribution is -2.39. The topological polar surface area (TPSA) is 50.8 Å². The van der Waals surface area contributed by atoms with E-state index < -0.39 is 0 Å². The van der Waals surface area contributed by atoms with E-state index in [1.165, 1.54) is 0 Å². The van der Waals surface area contributed by atoms with Crippen molar-refractivity contribution in [2.24, 2.45) is 0 Å². The molecule has 0 bridgehead atoms. The molecule has 5 nitrogen and oxygen atoms in total. The van der Waals surface area contributed by atoms with Crippen LogP contribution < -0.4 is 10.1 Å². The number of para-hydroxylation sites is 1. The summed E-state index contributed by atoms with van der Waals surface area (Å²) in [4.78, 5) is 14.5. The molecule has 0 fully saturated rings. The van der Waals surface area contributed by atoms with E-state index in [1.807, 2.05) is 32.0 Å². The highest BCUT2D eigenvalue weighted by molar-refractivity contribution is 5.99.